The van der Waals surface area contributed by atoms with Crippen LogP contribution in [0.2, 0.25) is 0 Å². The van der Waals surface area contributed by atoms with E-state index in [-0.39, 0.29) is 129 Å². The van der Waals surface area contributed by atoms with Gasteiger partial charge in [0.15, 0.2) is 0 Å². The van der Waals surface area contributed by atoms with Crippen molar-refractivity contribution in [2.75, 3.05) is 0 Å². The van der Waals surface area contributed by atoms with Gasteiger partial charge in [-0.15, -0.1) is 0 Å². The first-order valence-corrected chi connectivity index (χ1v) is 0. The first-order valence-electron chi connectivity index (χ1n) is 0. The molecule has 0 saturated heterocycles. The van der Waals surface area contributed by atoms with Crippen molar-refractivity contribution in [1.29, 1.82) is 0 Å². The summed E-state index contributed by atoms with van der Waals surface area (Å²) < 4.78 is 0. The largest absolute Gasteiger partial charge is 3.00 e. The Hall–Kier alpha value is 3.97. The number of halogens is 1. The topological polar surface area (TPSA) is 0 Å². The Balaban J connectivity index is 0. The molecule has 0 atom stereocenters. The van der Waals surface area contributed by atoms with Crippen molar-refractivity contribution in [3.8, 4) is 0 Å². The summed E-state index contributed by atoms with van der Waals surface area (Å²) in [7, 11) is 0. The molecule has 0 amide bonds. The molecule has 0 spiro atoms. The molecule has 0 aromatic rings. The van der Waals surface area contributed by atoms with Crippen LogP contribution in [-0.4, -0.2) is 0 Å². The normalized spacial score (nSPS) is 0. The Morgan fingerprint density at radius 2 is 1.00 bits per heavy atom. The second-order valence-electron chi connectivity index (χ2n) is 0. The summed E-state index contributed by atoms with van der Waals surface area (Å²) in [6, 6.07) is 0. The molecule has 12 valence electrons. The average molecular weight is 178 g/mol. The Bertz CT molecular complexity index is 11.6. The van der Waals surface area contributed by atoms with Gasteiger partial charge in [0, 0.05) is 0 Å². The van der Waals surface area contributed by atoms with E-state index in [1.165, 1.54) is 0 Å². The van der Waals surface area contributed by atoms with Crippen LogP contribution < -0.4 is 85.6 Å². The van der Waals surface area contributed by atoms with Gasteiger partial charge in [-0.3, -0.25) is 0 Å². The molecule has 0 nitrogen and oxygen atoms in total. The van der Waals surface area contributed by atoms with Crippen LogP contribution in [-0.2, 0) is 43.2 Å². The Labute approximate surface area is 125 Å². The maximum absolute atomic E-state index is 0. The summed E-state index contributed by atoms with van der Waals surface area (Å²) in [5.41, 5.74) is 0. The van der Waals surface area contributed by atoms with Crippen molar-refractivity contribution in [2.24, 2.45) is 0 Å². The van der Waals surface area contributed by atoms with Gasteiger partial charge in [-0.05, 0) is 0 Å². The number of hydrogen-bond acceptors (Lipinski definition) is 0. The van der Waals surface area contributed by atoms with Crippen molar-refractivity contribution in [3.05, 3.63) is 0 Å². The van der Waals surface area contributed by atoms with Gasteiger partial charge in [0.2, 0.25) is 0 Å². The van der Waals surface area contributed by atoms with Crippen LogP contribution in [0.3, 0.4) is 0 Å². The number of hydrogen-bond donors (Lipinski definition) is 0. The Morgan fingerprint density at radius 1 is 1.00 bits per heavy atom. The molecular formula is CrFKNaSc+6. The van der Waals surface area contributed by atoms with Crippen molar-refractivity contribution >= 4 is 0 Å². The van der Waals surface area contributed by atoms with Crippen molar-refractivity contribution < 1.29 is 129 Å². The van der Waals surface area contributed by atoms with Crippen LogP contribution >= 0.6 is 0 Å². The molecule has 0 aromatic carbocycles. The zero-order chi connectivity index (χ0) is 0. The molecule has 0 rings (SSSR count). The van der Waals surface area contributed by atoms with E-state index in [4.69, 9.17) is 0 Å². The number of rotatable bonds is 0. The van der Waals surface area contributed by atoms with Crippen LogP contribution in [0.4, 0.5) is 0 Å². The van der Waals surface area contributed by atoms with Crippen molar-refractivity contribution in [3.63, 3.8) is 0 Å². The third-order valence-electron chi connectivity index (χ3n) is 0. The zero-order valence-electron chi connectivity index (χ0n) is 3.36. The van der Waals surface area contributed by atoms with E-state index in [0.717, 1.165) is 0 Å². The molecule has 0 aliphatic heterocycles. The van der Waals surface area contributed by atoms with Crippen molar-refractivity contribution in [1.82, 2.24) is 0 Å². The summed E-state index contributed by atoms with van der Waals surface area (Å²) in [4.78, 5) is 0. The molecule has 5 heavy (non-hydrogen) atoms. The predicted octanol–water partition coefficient (Wildman–Crippen LogP) is -8.99. The molecule has 0 N–H and O–H groups in total. The molecule has 0 radical (unpaired) electrons. The standard InChI is InChI=1S/Cr.FH.K.Na.Sc/h;1H;;;/q+2;;2*+1;+3/p-1. The van der Waals surface area contributed by atoms with Gasteiger partial charge in [0.25, 0.3) is 0 Å². The van der Waals surface area contributed by atoms with Gasteiger partial charge in [0.05, 0.1) is 0 Å². The summed E-state index contributed by atoms with van der Waals surface area (Å²) in [5, 5.41) is 0. The Morgan fingerprint density at radius 3 is 1.00 bits per heavy atom. The van der Waals surface area contributed by atoms with Gasteiger partial charge < -0.3 is 4.70 Å². The van der Waals surface area contributed by atoms with E-state index in [0.29, 0.717) is 0 Å². The molecule has 0 fully saturated rings. The molecule has 0 saturated carbocycles. The van der Waals surface area contributed by atoms with E-state index < -0.39 is 0 Å². The van der Waals surface area contributed by atoms with Gasteiger partial charge in [-0.2, -0.15) is 0 Å². The van der Waals surface area contributed by atoms with Crippen LogP contribution in [0.25, 0.3) is 0 Å². The van der Waals surface area contributed by atoms with Crippen LogP contribution in [0.1, 0.15) is 0 Å². The van der Waals surface area contributed by atoms with Gasteiger partial charge in [-0.25, -0.2) is 0 Å². The second-order valence-corrected chi connectivity index (χ2v) is 0. The summed E-state index contributed by atoms with van der Waals surface area (Å²) in [5.74, 6) is 0. The second kappa shape index (κ2) is 24.6. The van der Waals surface area contributed by atoms with Gasteiger partial charge in [-0.1, -0.05) is 0 Å². The summed E-state index contributed by atoms with van der Waals surface area (Å²) in [6.45, 7) is 0. The fraction of sp³-hybridized carbons (Fsp3) is 0. The van der Waals surface area contributed by atoms with E-state index >= 15 is 0 Å². The van der Waals surface area contributed by atoms with Crippen LogP contribution in [0.15, 0.2) is 0 Å². The average Bonchev–Trinajstić information content (AvgIpc) is 0. The van der Waals surface area contributed by atoms with Crippen LogP contribution in [0.5, 0.6) is 0 Å². The minimum absolute atomic E-state index is 0. The van der Waals surface area contributed by atoms with Gasteiger partial charge in [0.1, 0.15) is 0 Å². The smallest absolute Gasteiger partial charge is 1.00 e. The Kier molecular flexibility index (Phi) is 178. The minimum atomic E-state index is 0. The molecule has 0 aliphatic rings. The fourth-order valence-electron chi connectivity index (χ4n) is 0. The zero-order valence-corrected chi connectivity index (χ0v) is 11.6. The monoisotopic (exact) mass is 178 g/mol. The van der Waals surface area contributed by atoms with E-state index in [1.54, 1.807) is 0 Å². The summed E-state index contributed by atoms with van der Waals surface area (Å²) >= 11 is 0. The summed E-state index contributed by atoms with van der Waals surface area (Å²) in [6.07, 6.45) is 0. The first-order chi connectivity index (χ1) is 0. The third kappa shape index (κ3) is 18.0. The molecule has 0 heterocycles. The van der Waals surface area contributed by atoms with Crippen molar-refractivity contribution in [2.45, 2.75) is 0 Å². The van der Waals surface area contributed by atoms with E-state index in [2.05, 4.69) is 0 Å². The van der Waals surface area contributed by atoms with E-state index in [1.807, 2.05) is 0 Å². The molecule has 5 heteroatoms. The minimum Gasteiger partial charge on any atom is -1.00 e. The molecular weight excluding hydrogens is 178 g/mol. The maximum atomic E-state index is 0. The maximum Gasteiger partial charge on any atom is 3.00 e. The quantitative estimate of drug-likeness (QED) is 0.323. The third-order valence-corrected chi connectivity index (χ3v) is 0. The van der Waals surface area contributed by atoms with Gasteiger partial charge >= 0.3 is 124 Å². The van der Waals surface area contributed by atoms with E-state index in [9.17, 15) is 0 Å². The van der Waals surface area contributed by atoms with Crippen LogP contribution in [0, 0.1) is 0 Å². The molecule has 0 aliphatic carbocycles. The predicted molar refractivity (Wildman–Crippen MR) is 0 cm³/mol. The molecule has 0 aromatic heterocycles. The molecule has 0 unspecified atom stereocenters. The SMILES string of the molecule is [Cr+2].[F-].[K+].[Na+].[Sc+3]. The molecule has 0 bridgehead atoms. The fourth-order valence-corrected chi connectivity index (χ4v) is 0. The first kappa shape index (κ1) is 36.2.